The third kappa shape index (κ3) is 5.57. The van der Waals surface area contributed by atoms with Crippen LogP contribution in [0.3, 0.4) is 0 Å². The van der Waals surface area contributed by atoms with E-state index in [1.807, 2.05) is 32.0 Å². The van der Waals surface area contributed by atoms with Crippen molar-refractivity contribution in [3.63, 3.8) is 0 Å². The maximum absolute atomic E-state index is 12.5. The number of piperidine rings is 1. The van der Waals surface area contributed by atoms with Crippen LogP contribution in [0.15, 0.2) is 42.5 Å². The second kappa shape index (κ2) is 9.56. The molecule has 1 heterocycles. The Hall–Kier alpha value is -2.33. The largest absolute Gasteiger partial charge is 0.494 e. The maximum Gasteiger partial charge on any atom is 0.251 e. The van der Waals surface area contributed by atoms with E-state index in [9.17, 15) is 4.79 Å². The number of aryl methyl sites for hydroxylation is 1. The summed E-state index contributed by atoms with van der Waals surface area (Å²) in [5, 5.41) is 3.03. The highest BCUT2D eigenvalue weighted by atomic mass is 16.5. The number of carbonyl (C=O) groups excluding carboxylic acids is 1. The highest BCUT2D eigenvalue weighted by Crippen LogP contribution is 2.19. The van der Waals surface area contributed by atoms with Gasteiger partial charge in [-0.25, -0.2) is 0 Å². The number of benzene rings is 2. The Morgan fingerprint density at radius 2 is 1.85 bits per heavy atom. The number of amides is 1. The smallest absolute Gasteiger partial charge is 0.251 e. The first kappa shape index (κ1) is 19.4. The van der Waals surface area contributed by atoms with Crippen molar-refractivity contribution in [3.8, 4) is 5.75 Å². The van der Waals surface area contributed by atoms with Gasteiger partial charge in [0.2, 0.25) is 0 Å². The molecule has 1 saturated heterocycles. The normalized spacial score (nSPS) is 14.7. The standard InChI is InChI=1S/C23H30N2O2/c1-3-27-22-11-10-21(14-18(22)2)23(26)24-16-19-8-7-9-20(15-19)17-25-12-5-4-6-13-25/h7-11,14-15H,3-6,12-13,16-17H2,1-2H3,(H,24,26). The Morgan fingerprint density at radius 1 is 1.07 bits per heavy atom. The fraction of sp³-hybridized carbons (Fsp3) is 0.435. The van der Waals surface area contributed by atoms with Crippen LogP contribution in [0, 0.1) is 6.92 Å². The average molecular weight is 367 g/mol. The Morgan fingerprint density at radius 3 is 2.59 bits per heavy atom. The monoisotopic (exact) mass is 366 g/mol. The molecule has 4 heteroatoms. The molecule has 1 fully saturated rings. The zero-order valence-corrected chi connectivity index (χ0v) is 16.5. The molecule has 0 radical (unpaired) electrons. The van der Waals surface area contributed by atoms with E-state index >= 15 is 0 Å². The third-order valence-corrected chi connectivity index (χ3v) is 5.04. The van der Waals surface area contributed by atoms with Gasteiger partial charge in [-0.1, -0.05) is 30.7 Å². The molecule has 0 spiro atoms. The Bertz CT molecular complexity index is 767. The highest BCUT2D eigenvalue weighted by molar-refractivity contribution is 5.94. The minimum Gasteiger partial charge on any atom is -0.494 e. The van der Waals surface area contributed by atoms with Gasteiger partial charge < -0.3 is 10.1 Å². The van der Waals surface area contributed by atoms with Crippen molar-refractivity contribution in [2.75, 3.05) is 19.7 Å². The van der Waals surface area contributed by atoms with Crippen LogP contribution in [-0.2, 0) is 13.1 Å². The van der Waals surface area contributed by atoms with Gasteiger partial charge >= 0.3 is 0 Å². The van der Waals surface area contributed by atoms with Crippen LogP contribution in [0.4, 0.5) is 0 Å². The van der Waals surface area contributed by atoms with Gasteiger partial charge in [-0.15, -0.1) is 0 Å². The van der Waals surface area contributed by atoms with Crippen LogP contribution < -0.4 is 10.1 Å². The van der Waals surface area contributed by atoms with E-state index in [0.717, 1.165) is 23.4 Å². The number of nitrogens with zero attached hydrogens (tertiary/aromatic N) is 1. The first-order valence-electron chi connectivity index (χ1n) is 9.97. The number of carbonyl (C=O) groups is 1. The van der Waals surface area contributed by atoms with E-state index in [1.54, 1.807) is 0 Å². The SMILES string of the molecule is CCOc1ccc(C(=O)NCc2cccc(CN3CCCCC3)c2)cc1C. The van der Waals surface area contributed by atoms with Gasteiger partial charge in [0.1, 0.15) is 5.75 Å². The van der Waals surface area contributed by atoms with E-state index in [4.69, 9.17) is 4.74 Å². The molecule has 2 aromatic rings. The quantitative estimate of drug-likeness (QED) is 0.794. The minimum atomic E-state index is -0.0532. The van der Waals surface area contributed by atoms with Gasteiger partial charge in [-0.2, -0.15) is 0 Å². The summed E-state index contributed by atoms with van der Waals surface area (Å²) in [4.78, 5) is 15.0. The van der Waals surface area contributed by atoms with E-state index in [2.05, 4.69) is 34.5 Å². The molecule has 0 atom stereocenters. The minimum absolute atomic E-state index is 0.0532. The van der Waals surface area contributed by atoms with Crippen LogP contribution in [0.2, 0.25) is 0 Å². The third-order valence-electron chi connectivity index (χ3n) is 5.04. The molecule has 27 heavy (non-hydrogen) atoms. The highest BCUT2D eigenvalue weighted by Gasteiger charge is 2.11. The van der Waals surface area contributed by atoms with Gasteiger partial charge in [0, 0.05) is 18.7 Å². The first-order valence-corrected chi connectivity index (χ1v) is 9.97. The molecular formula is C23H30N2O2. The summed E-state index contributed by atoms with van der Waals surface area (Å²) in [7, 11) is 0. The molecule has 1 N–H and O–H groups in total. The van der Waals surface area contributed by atoms with E-state index in [0.29, 0.717) is 18.7 Å². The maximum atomic E-state index is 12.5. The van der Waals surface area contributed by atoms with Gasteiger partial charge in [-0.3, -0.25) is 9.69 Å². The molecule has 0 saturated carbocycles. The lowest BCUT2D eigenvalue weighted by Gasteiger charge is -2.26. The van der Waals surface area contributed by atoms with Crippen molar-refractivity contribution in [1.82, 2.24) is 10.2 Å². The van der Waals surface area contributed by atoms with Crippen molar-refractivity contribution >= 4 is 5.91 Å². The summed E-state index contributed by atoms with van der Waals surface area (Å²) in [5.74, 6) is 0.780. The van der Waals surface area contributed by atoms with Gasteiger partial charge in [0.15, 0.2) is 0 Å². The lowest BCUT2D eigenvalue weighted by atomic mass is 10.1. The lowest BCUT2D eigenvalue weighted by Crippen LogP contribution is -2.29. The van der Waals surface area contributed by atoms with E-state index in [1.165, 1.54) is 37.9 Å². The number of likely N-dealkylation sites (tertiary alicyclic amines) is 1. The van der Waals surface area contributed by atoms with Crippen molar-refractivity contribution in [2.24, 2.45) is 0 Å². The van der Waals surface area contributed by atoms with E-state index < -0.39 is 0 Å². The number of hydrogen-bond donors (Lipinski definition) is 1. The predicted octanol–water partition coefficient (Wildman–Crippen LogP) is 4.31. The second-order valence-corrected chi connectivity index (χ2v) is 7.25. The second-order valence-electron chi connectivity index (χ2n) is 7.25. The summed E-state index contributed by atoms with van der Waals surface area (Å²) in [6.07, 6.45) is 3.96. The van der Waals surface area contributed by atoms with Gasteiger partial charge in [0.25, 0.3) is 5.91 Å². The van der Waals surface area contributed by atoms with Crippen LogP contribution >= 0.6 is 0 Å². The lowest BCUT2D eigenvalue weighted by molar-refractivity contribution is 0.0950. The number of nitrogens with one attached hydrogen (secondary N) is 1. The van der Waals surface area contributed by atoms with Crippen LogP contribution in [0.25, 0.3) is 0 Å². The van der Waals surface area contributed by atoms with Gasteiger partial charge in [-0.05, 0) is 74.7 Å². The molecule has 0 aliphatic carbocycles. The van der Waals surface area contributed by atoms with Crippen LogP contribution in [-0.4, -0.2) is 30.5 Å². The average Bonchev–Trinajstić information content (AvgIpc) is 2.69. The molecule has 1 aliphatic rings. The first-order chi connectivity index (χ1) is 13.2. The predicted molar refractivity (Wildman–Crippen MR) is 109 cm³/mol. The molecule has 2 aromatic carbocycles. The molecular weight excluding hydrogens is 336 g/mol. The fourth-order valence-corrected chi connectivity index (χ4v) is 3.61. The molecule has 3 rings (SSSR count). The Kier molecular flexibility index (Phi) is 6.88. The Balaban J connectivity index is 1.57. The van der Waals surface area contributed by atoms with E-state index in [-0.39, 0.29) is 5.91 Å². The van der Waals surface area contributed by atoms with Crippen molar-refractivity contribution < 1.29 is 9.53 Å². The molecule has 1 aliphatic heterocycles. The summed E-state index contributed by atoms with van der Waals surface area (Å²) in [5.41, 5.74) is 4.11. The summed E-state index contributed by atoms with van der Waals surface area (Å²) in [6.45, 7) is 8.47. The zero-order chi connectivity index (χ0) is 19.1. The van der Waals surface area contributed by atoms with Crippen LogP contribution in [0.1, 0.15) is 53.2 Å². The zero-order valence-electron chi connectivity index (χ0n) is 16.5. The number of hydrogen-bond acceptors (Lipinski definition) is 3. The Labute approximate surface area is 162 Å². The summed E-state index contributed by atoms with van der Waals surface area (Å²) < 4.78 is 5.54. The molecule has 4 nitrogen and oxygen atoms in total. The number of ether oxygens (including phenoxy) is 1. The topological polar surface area (TPSA) is 41.6 Å². The fourth-order valence-electron chi connectivity index (χ4n) is 3.61. The van der Waals surface area contributed by atoms with Crippen molar-refractivity contribution in [3.05, 3.63) is 64.7 Å². The molecule has 144 valence electrons. The van der Waals surface area contributed by atoms with Gasteiger partial charge in [0.05, 0.1) is 6.61 Å². The molecule has 0 bridgehead atoms. The molecule has 0 aromatic heterocycles. The number of rotatable bonds is 7. The summed E-state index contributed by atoms with van der Waals surface area (Å²) in [6, 6.07) is 14.1. The van der Waals surface area contributed by atoms with Crippen molar-refractivity contribution in [2.45, 2.75) is 46.2 Å². The molecule has 0 unspecified atom stereocenters. The molecule has 1 amide bonds. The van der Waals surface area contributed by atoms with Crippen molar-refractivity contribution in [1.29, 1.82) is 0 Å². The summed E-state index contributed by atoms with van der Waals surface area (Å²) >= 11 is 0. The van der Waals surface area contributed by atoms with Crippen LogP contribution in [0.5, 0.6) is 5.75 Å².